The number of ketones is 1. The number of carbonyl (C=O) groups excluding carboxylic acids is 10. The van der Waals surface area contributed by atoms with Gasteiger partial charge in [0.2, 0.25) is 53.0 Å². The first-order valence-corrected chi connectivity index (χ1v) is 31.9. The van der Waals surface area contributed by atoms with Crippen molar-refractivity contribution >= 4 is 135 Å². The molecule has 0 aromatic heterocycles. The van der Waals surface area contributed by atoms with Gasteiger partial charge in [0.25, 0.3) is 40.5 Å². The summed E-state index contributed by atoms with van der Waals surface area (Å²) in [5.74, 6) is -43.0. The van der Waals surface area contributed by atoms with Crippen LogP contribution in [0.4, 0.5) is 0 Å². The Morgan fingerprint density at radius 1 is 0.380 bits per heavy atom. The van der Waals surface area contributed by atoms with Gasteiger partial charge in [0, 0.05) is 11.8 Å². The van der Waals surface area contributed by atoms with Crippen LogP contribution in [0.2, 0.25) is 0 Å². The minimum absolute atomic E-state index is 0.379. The van der Waals surface area contributed by atoms with Crippen molar-refractivity contribution in [2.24, 2.45) is 17.8 Å². The van der Waals surface area contributed by atoms with E-state index in [2.05, 4.69) is 0 Å². The van der Waals surface area contributed by atoms with Crippen LogP contribution in [0.5, 0.6) is 0 Å². The number of carbonyl (C=O) groups is 16. The Morgan fingerprint density at radius 3 is 0.967 bits per heavy atom. The van der Waals surface area contributed by atoms with Crippen molar-refractivity contribution in [3.8, 4) is 0 Å². The van der Waals surface area contributed by atoms with Crippen molar-refractivity contribution in [2.45, 2.75) is 99.9 Å². The van der Waals surface area contributed by atoms with E-state index in [9.17, 15) is 155 Å². The first kappa shape index (κ1) is 78.7. The number of aliphatic carboxylic acids is 6. The highest BCUT2D eigenvalue weighted by molar-refractivity contribution is 7.86. The van der Waals surface area contributed by atoms with Crippen LogP contribution < -0.4 is 42.5 Å². The number of Topliss-reactive ketones (excluding diaryl/α,β-unsaturated/α-hetero) is 1. The molecule has 1 aliphatic rings. The smallest absolute Gasteiger partial charge is 0.375 e. The quantitative estimate of drug-likeness (QED) is 0.0166. The molecule has 2 rings (SSSR count). The number of carboxylic acid groups (broad SMARTS) is 6. The highest BCUT2D eigenvalue weighted by Crippen LogP contribution is 2.35. The summed E-state index contributed by atoms with van der Waals surface area (Å²) in [7, 11) is -21.2. The van der Waals surface area contributed by atoms with Gasteiger partial charge >= 0.3 is 41.8 Å². The van der Waals surface area contributed by atoms with Gasteiger partial charge in [-0.2, -0.15) is 33.7 Å². The first-order valence-electron chi connectivity index (χ1n) is 25.4. The van der Waals surface area contributed by atoms with Crippen molar-refractivity contribution in [1.82, 2.24) is 42.5 Å². The molecule has 1 aromatic carbocycles. The van der Waals surface area contributed by atoms with Crippen LogP contribution in [0.25, 0.3) is 0 Å². The number of esters is 1. The number of nitrogens with one attached hydrogen (secondary N) is 8. The van der Waals surface area contributed by atoms with Crippen molar-refractivity contribution in [3.63, 3.8) is 0 Å². The van der Waals surface area contributed by atoms with E-state index in [1.165, 1.54) is 33.4 Å². The van der Waals surface area contributed by atoms with Gasteiger partial charge in [0.05, 0.1) is 31.6 Å². The molecule has 0 heterocycles. The summed E-state index contributed by atoms with van der Waals surface area (Å²) in [6.07, 6.45) is -9.03. The molecule has 0 bridgehead atoms. The van der Waals surface area contributed by atoms with E-state index in [1.54, 1.807) is 34.1 Å². The van der Waals surface area contributed by atoms with Gasteiger partial charge < -0.3 is 77.9 Å². The monoisotopic (exact) mass is 1400 g/mol. The Hall–Kier alpha value is -9.42. The maximum atomic E-state index is 14.5. The van der Waals surface area contributed by atoms with Gasteiger partial charge in [-0.3, -0.25) is 66.2 Å². The van der Waals surface area contributed by atoms with E-state index in [1.807, 2.05) is 5.32 Å². The Bertz CT molecular complexity index is 3530. The molecule has 47 heteroatoms. The molecule has 43 nitrogen and oxygen atoms in total. The molecule has 1 fully saturated rings. The molecule has 11 atom stereocenters. The predicted octanol–water partition coefficient (Wildman–Crippen LogP) is -9.17. The lowest BCUT2D eigenvalue weighted by molar-refractivity contribution is -0.159. The number of hydrogen-bond acceptors (Lipinski definition) is 25. The van der Waals surface area contributed by atoms with Crippen molar-refractivity contribution < 1.29 is 164 Å². The van der Waals surface area contributed by atoms with E-state index in [4.69, 9.17) is 9.29 Å². The molecule has 18 N–H and O–H groups in total. The summed E-state index contributed by atoms with van der Waals surface area (Å²) >= 11 is 0. The van der Waals surface area contributed by atoms with Crippen molar-refractivity contribution in [2.75, 3.05) is 23.0 Å². The molecular formula is C45H58N8O35S4. The second kappa shape index (κ2) is 34.1. The standard InChI is InChI=1S/C45H58N8O35S4/c54-30(46-26(41(67)68)14-89(76,77)78)9-22(50-35(59)20-6-19(7-21(8-20)39(63)64)34(58)45(75)88-13-18-4-2-1-3-5-18)36(60)51-23(10-31(55)47-27(42(69)70)15-90(79,80)81)37(61)52-24(11-32(56)48-28(43(71)72)16-91(82,83)84)38(62)53-25(40(65)66)12-33(57)49-29(44(73)74)17-92(85,86)87/h1-5,19-29H,6-17H2,(H,46,54)(H,47,55)(H,48,56)(H,49,57)(H,50,59)(H,51,60)(H,52,61)(H,53,62)(H,63,64)(H,65,66)(H,67,68)(H,69,70)(H,71,72)(H,73,74)(H,76,77,78)(H,79,80,81)(H,82,83,84)(H,85,86,87)/t19-,20+,21-,22+,23+,24+,25+,26+,27+,28+,29+/m0/s1. The zero-order valence-electron chi connectivity index (χ0n) is 46.5. The average molecular weight is 1400 g/mol. The molecule has 0 saturated heterocycles. The van der Waals surface area contributed by atoms with Crippen LogP contribution in [0.15, 0.2) is 30.3 Å². The van der Waals surface area contributed by atoms with E-state index in [0.29, 0.717) is 5.56 Å². The van der Waals surface area contributed by atoms with Gasteiger partial charge in [-0.25, -0.2) is 28.8 Å². The lowest BCUT2D eigenvalue weighted by Crippen LogP contribution is -2.60. The summed E-state index contributed by atoms with van der Waals surface area (Å²) in [6, 6.07) is -13.9. The minimum atomic E-state index is -5.36. The second-order valence-corrected chi connectivity index (χ2v) is 25.8. The molecule has 1 aliphatic carbocycles. The first-order chi connectivity index (χ1) is 42.1. The Balaban J connectivity index is 2.88. The summed E-state index contributed by atoms with van der Waals surface area (Å²) in [5.41, 5.74) is 0.379. The predicted molar refractivity (Wildman–Crippen MR) is 291 cm³/mol. The second-order valence-electron chi connectivity index (χ2n) is 19.8. The van der Waals surface area contributed by atoms with Crippen LogP contribution in [0.1, 0.15) is 50.5 Å². The maximum Gasteiger partial charge on any atom is 0.375 e. The van der Waals surface area contributed by atoms with Crippen LogP contribution in [0, 0.1) is 17.8 Å². The Labute approximate surface area is 516 Å². The van der Waals surface area contributed by atoms with E-state index in [-0.39, 0.29) is 0 Å². The molecule has 1 aromatic rings. The molecule has 92 heavy (non-hydrogen) atoms. The fourth-order valence-electron chi connectivity index (χ4n) is 8.14. The molecule has 1 saturated carbocycles. The van der Waals surface area contributed by atoms with Crippen LogP contribution in [0.3, 0.4) is 0 Å². The summed E-state index contributed by atoms with van der Waals surface area (Å²) in [6.45, 7) is -0.479. The van der Waals surface area contributed by atoms with Gasteiger partial charge in [0.15, 0.2) is 0 Å². The molecule has 8 amide bonds. The third-order valence-electron chi connectivity index (χ3n) is 12.3. The minimum Gasteiger partial charge on any atom is -0.481 e. The molecule has 0 unspecified atom stereocenters. The van der Waals surface area contributed by atoms with E-state index < -0.39 is 276 Å². The largest absolute Gasteiger partial charge is 0.481 e. The zero-order valence-corrected chi connectivity index (χ0v) is 49.8. The van der Waals surface area contributed by atoms with Crippen LogP contribution in [-0.4, -0.2) is 249 Å². The number of amides is 8. The molecule has 512 valence electrons. The molecule has 0 spiro atoms. The topological polar surface area (TPSA) is 717 Å². The third-order valence-corrected chi connectivity index (χ3v) is 15.3. The van der Waals surface area contributed by atoms with Gasteiger partial charge in [0.1, 0.15) is 78.0 Å². The van der Waals surface area contributed by atoms with Gasteiger partial charge in [-0.1, -0.05) is 30.3 Å². The van der Waals surface area contributed by atoms with Gasteiger partial charge in [-0.05, 0) is 24.8 Å². The molecule has 0 radical (unpaired) electrons. The van der Waals surface area contributed by atoms with Crippen LogP contribution >= 0.6 is 0 Å². The number of carboxylic acids is 6. The SMILES string of the molecule is O=C(C[C@@H](NC(=O)[C@@H](CC(=O)N[C@H](CS(=O)(=O)O)C(=O)O)NC(=O)[C@@H](CC(=O)N[C@H](CS(=O)(=O)O)C(=O)O)NC(=O)[C@@H](CC(=O)N[C@H](CS(=O)(=O)O)C(=O)O)NC(=O)[C@H]1C[C@@H](C(=O)O)C[C@@H](C(=O)C(=O)OCc2ccccc2)C1)C(=O)O)N[C@H](CS(=O)(=O)O)C(=O)O. The summed E-state index contributed by atoms with van der Waals surface area (Å²) in [4.78, 5) is 208. The Morgan fingerprint density at radius 2 is 0.663 bits per heavy atom. The Kier molecular flexibility index (Phi) is 29.2. The van der Waals surface area contributed by atoms with E-state index in [0.717, 1.165) is 0 Å². The lowest BCUT2D eigenvalue weighted by Gasteiger charge is -2.32. The maximum absolute atomic E-state index is 14.5. The lowest BCUT2D eigenvalue weighted by atomic mass is 9.73. The number of hydrogen-bond donors (Lipinski definition) is 18. The van der Waals surface area contributed by atoms with Gasteiger partial charge in [-0.15, -0.1) is 0 Å². The molecular weight excluding hydrogens is 1340 g/mol. The van der Waals surface area contributed by atoms with Crippen molar-refractivity contribution in [1.29, 1.82) is 0 Å². The number of benzene rings is 1. The highest BCUT2D eigenvalue weighted by atomic mass is 32.2. The highest BCUT2D eigenvalue weighted by Gasteiger charge is 2.44. The summed E-state index contributed by atoms with van der Waals surface area (Å²) < 4.78 is 134. The summed E-state index contributed by atoms with van der Waals surface area (Å²) in [5, 5.41) is 70.6. The fraction of sp³-hybridized carbons (Fsp3) is 0.511. The number of rotatable bonds is 38. The van der Waals surface area contributed by atoms with Crippen molar-refractivity contribution in [3.05, 3.63) is 35.9 Å². The fourth-order valence-corrected chi connectivity index (χ4v) is 10.7. The normalized spacial score (nSPS) is 17.6. The van der Waals surface area contributed by atoms with E-state index >= 15 is 0 Å². The van der Waals surface area contributed by atoms with Crippen LogP contribution in [-0.2, 0) is 129 Å². The zero-order chi connectivity index (χ0) is 70.6. The average Bonchev–Trinajstić information content (AvgIpc) is 0.848. The third kappa shape index (κ3) is 29.5. The molecule has 0 aliphatic heterocycles. The number of ether oxygens (including phenoxy) is 1.